The average molecular weight is 669 g/mol. The second kappa shape index (κ2) is 14.7. The lowest BCUT2D eigenvalue weighted by Crippen LogP contribution is -2.57. The van der Waals surface area contributed by atoms with Crippen LogP contribution in [0.2, 0.25) is 5.02 Å². The van der Waals surface area contributed by atoms with Gasteiger partial charge in [-0.3, -0.25) is 4.79 Å². The van der Waals surface area contributed by atoms with E-state index in [-0.39, 0.29) is 41.8 Å². The molecule has 246 valence electrons. The summed E-state index contributed by atoms with van der Waals surface area (Å²) in [4.78, 5) is 26.6. The van der Waals surface area contributed by atoms with E-state index < -0.39 is 51.7 Å². The van der Waals surface area contributed by atoms with Gasteiger partial charge in [0.15, 0.2) is 0 Å². The van der Waals surface area contributed by atoms with Crippen molar-refractivity contribution < 1.29 is 36.3 Å². The highest BCUT2D eigenvalue weighted by Crippen LogP contribution is 2.37. The van der Waals surface area contributed by atoms with Gasteiger partial charge in [-0.2, -0.15) is 4.31 Å². The van der Waals surface area contributed by atoms with E-state index in [1.54, 1.807) is 24.3 Å². The zero-order valence-electron chi connectivity index (χ0n) is 25.1. The summed E-state index contributed by atoms with van der Waals surface area (Å²) in [7, 11) is -2.31. The summed E-state index contributed by atoms with van der Waals surface area (Å²) in [5, 5.41) is 9.08. The van der Waals surface area contributed by atoms with Crippen molar-refractivity contribution in [2.24, 2.45) is 5.92 Å². The molecule has 10 nitrogen and oxygen atoms in total. The lowest BCUT2D eigenvalue weighted by molar-refractivity contribution is -0.119. The Balaban J connectivity index is 1.43. The van der Waals surface area contributed by atoms with Crippen molar-refractivity contribution in [3.05, 3.63) is 64.2 Å². The maximum atomic E-state index is 15.4. The summed E-state index contributed by atoms with van der Waals surface area (Å²) in [6, 6.07) is 7.22. The Bertz CT molecular complexity index is 1480. The highest BCUT2D eigenvalue weighted by molar-refractivity contribution is 7.89. The van der Waals surface area contributed by atoms with Crippen LogP contribution in [0.5, 0.6) is 0 Å². The Morgan fingerprint density at radius 2 is 1.82 bits per heavy atom. The van der Waals surface area contributed by atoms with Crippen molar-refractivity contribution in [3.8, 4) is 0 Å². The van der Waals surface area contributed by atoms with Crippen molar-refractivity contribution in [2.75, 3.05) is 44.5 Å². The number of ether oxygens (including phenoxy) is 2. The third kappa shape index (κ3) is 7.94. The number of carbonyl (C=O) groups is 2. The molecule has 3 fully saturated rings. The Kier molecular flexibility index (Phi) is 11.0. The molecule has 3 N–H and O–H groups in total. The molecule has 3 saturated heterocycles. The SMILES string of the molecule is COC(=O)N[C@H](C(=O)Nc1c(F)ccc(F)c1CC[C@H]1CN[C@@H]2CCCS(=O)(=O)N1C2)[C@@H](c1ccc(Cl)cc1)C1CCOCC1. The van der Waals surface area contributed by atoms with Gasteiger partial charge >= 0.3 is 6.09 Å². The first kappa shape index (κ1) is 33.5. The first-order valence-electron chi connectivity index (χ1n) is 15.3. The molecule has 3 heterocycles. The summed E-state index contributed by atoms with van der Waals surface area (Å²) < 4.78 is 68.5. The van der Waals surface area contributed by atoms with E-state index in [0.29, 0.717) is 50.6 Å². The summed E-state index contributed by atoms with van der Waals surface area (Å²) in [5.41, 5.74) is 0.298. The van der Waals surface area contributed by atoms with Gasteiger partial charge in [-0.05, 0) is 74.3 Å². The molecule has 2 amide bonds. The summed E-state index contributed by atoms with van der Waals surface area (Å²) >= 11 is 6.14. The van der Waals surface area contributed by atoms with E-state index in [0.717, 1.165) is 24.1 Å². The van der Waals surface area contributed by atoms with E-state index in [1.807, 2.05) is 0 Å². The van der Waals surface area contributed by atoms with Gasteiger partial charge in [0.1, 0.15) is 17.7 Å². The number of nitrogens with zero attached hydrogens (tertiary/aromatic N) is 1. The molecular formula is C31H39ClF2N4O6S. The normalized spacial score (nSPS) is 24.6. The van der Waals surface area contributed by atoms with E-state index >= 15 is 8.78 Å². The number of nitrogens with one attached hydrogen (secondary N) is 3. The van der Waals surface area contributed by atoms with Crippen LogP contribution in [0, 0.1) is 17.6 Å². The summed E-state index contributed by atoms with van der Waals surface area (Å²) in [6.07, 6.45) is 1.85. The Labute approximate surface area is 267 Å². The number of anilines is 1. The van der Waals surface area contributed by atoms with Gasteiger partial charge in [0.25, 0.3) is 0 Å². The van der Waals surface area contributed by atoms with E-state index in [1.165, 1.54) is 11.4 Å². The van der Waals surface area contributed by atoms with Crippen LogP contribution in [-0.4, -0.2) is 82.0 Å². The Hall–Kier alpha value is -2.84. The number of methoxy groups -OCH3 is 1. The predicted molar refractivity (Wildman–Crippen MR) is 166 cm³/mol. The Morgan fingerprint density at radius 3 is 2.53 bits per heavy atom. The molecule has 5 atom stereocenters. The number of hydrogen-bond donors (Lipinski definition) is 3. The highest BCUT2D eigenvalue weighted by atomic mass is 35.5. The maximum Gasteiger partial charge on any atom is 0.407 e. The molecule has 0 aliphatic carbocycles. The van der Waals surface area contributed by atoms with Crippen molar-refractivity contribution in [2.45, 2.75) is 62.6 Å². The molecule has 14 heteroatoms. The lowest BCUT2D eigenvalue weighted by Gasteiger charge is -2.37. The molecular weight excluding hydrogens is 630 g/mol. The van der Waals surface area contributed by atoms with Crippen LogP contribution in [0.3, 0.4) is 0 Å². The van der Waals surface area contributed by atoms with E-state index in [9.17, 15) is 18.0 Å². The molecule has 2 bridgehead atoms. The van der Waals surface area contributed by atoms with Gasteiger partial charge in [0, 0.05) is 54.9 Å². The second-order valence-corrected chi connectivity index (χ2v) is 14.3. The molecule has 45 heavy (non-hydrogen) atoms. The van der Waals surface area contributed by atoms with Gasteiger partial charge in [0.2, 0.25) is 15.9 Å². The van der Waals surface area contributed by atoms with E-state index in [2.05, 4.69) is 16.0 Å². The number of alkyl carbamates (subject to hydrolysis) is 1. The molecule has 3 aliphatic rings. The quantitative estimate of drug-likeness (QED) is 0.366. The predicted octanol–water partition coefficient (Wildman–Crippen LogP) is 4.19. The van der Waals surface area contributed by atoms with Gasteiger partial charge in [-0.25, -0.2) is 22.0 Å². The summed E-state index contributed by atoms with van der Waals surface area (Å²) in [6.45, 7) is 1.66. The average Bonchev–Trinajstić information content (AvgIpc) is 3.15. The van der Waals surface area contributed by atoms with Crippen LogP contribution >= 0.6 is 11.6 Å². The number of rotatable bonds is 9. The number of benzene rings is 2. The molecule has 0 aromatic heterocycles. The van der Waals surface area contributed by atoms with Crippen LogP contribution in [0.15, 0.2) is 36.4 Å². The van der Waals surface area contributed by atoms with Crippen LogP contribution in [0.4, 0.5) is 19.3 Å². The van der Waals surface area contributed by atoms with E-state index in [4.69, 9.17) is 21.1 Å². The first-order valence-corrected chi connectivity index (χ1v) is 17.2. The topological polar surface area (TPSA) is 126 Å². The van der Waals surface area contributed by atoms with Gasteiger partial charge in [-0.15, -0.1) is 0 Å². The largest absolute Gasteiger partial charge is 0.453 e. The zero-order valence-corrected chi connectivity index (χ0v) is 26.6. The lowest BCUT2D eigenvalue weighted by atomic mass is 9.76. The third-order valence-electron chi connectivity index (χ3n) is 9.07. The number of carbonyl (C=O) groups excluding carboxylic acids is 2. The smallest absolute Gasteiger partial charge is 0.407 e. The van der Waals surface area contributed by atoms with Crippen LogP contribution < -0.4 is 16.0 Å². The fourth-order valence-corrected chi connectivity index (χ4v) is 8.66. The van der Waals surface area contributed by atoms with Crippen molar-refractivity contribution >= 4 is 39.3 Å². The minimum absolute atomic E-state index is 0.0298. The Morgan fingerprint density at radius 1 is 1.11 bits per heavy atom. The molecule has 1 unspecified atom stereocenters. The highest BCUT2D eigenvalue weighted by Gasteiger charge is 2.40. The third-order valence-corrected chi connectivity index (χ3v) is 11.3. The number of piperazine rings is 1. The van der Waals surface area contributed by atoms with Gasteiger partial charge < -0.3 is 25.4 Å². The summed E-state index contributed by atoms with van der Waals surface area (Å²) in [5.74, 6) is -2.95. The minimum atomic E-state index is -3.48. The van der Waals surface area contributed by atoms with Crippen LogP contribution in [-0.2, 0) is 30.7 Å². The molecule has 3 aliphatic heterocycles. The fraction of sp³-hybridized carbons (Fsp3) is 0.548. The molecule has 2 aromatic carbocycles. The second-order valence-electron chi connectivity index (χ2n) is 11.8. The van der Waals surface area contributed by atoms with Crippen LogP contribution in [0.1, 0.15) is 49.1 Å². The molecule has 0 spiro atoms. The molecule has 0 saturated carbocycles. The molecule has 2 aromatic rings. The van der Waals surface area contributed by atoms with Crippen molar-refractivity contribution in [1.29, 1.82) is 0 Å². The monoisotopic (exact) mass is 668 g/mol. The standard InChI is InChI=1S/C31H39ClF2N4O6S/c1-43-31(40)37-29(27(20-12-14-44-15-13-20)19-4-6-21(32)7-5-19)30(39)36-28-24(25(33)10-11-26(28)34)9-8-23-17-35-22-3-2-16-45(41,42)38(23)18-22/h4-7,10-11,20,22-23,27,29,35H,2-3,8-9,12-18H2,1H3,(H,36,39)(H,37,40)/t22-,23+,27+,29+/m1/s1. The van der Waals surface area contributed by atoms with Crippen molar-refractivity contribution in [1.82, 2.24) is 14.9 Å². The van der Waals surface area contributed by atoms with Gasteiger partial charge in [-0.1, -0.05) is 23.7 Å². The molecule has 0 radical (unpaired) electrons. The van der Waals surface area contributed by atoms with Crippen LogP contribution in [0.25, 0.3) is 0 Å². The number of amides is 2. The number of sulfonamides is 1. The first-order chi connectivity index (χ1) is 21.6. The molecule has 5 rings (SSSR count). The minimum Gasteiger partial charge on any atom is -0.453 e. The van der Waals surface area contributed by atoms with Crippen molar-refractivity contribution in [3.63, 3.8) is 0 Å². The fourth-order valence-electron chi connectivity index (χ4n) is 6.73. The number of fused-ring (bicyclic) bond motifs is 2. The van der Waals surface area contributed by atoms with Gasteiger partial charge in [0.05, 0.1) is 18.6 Å². The zero-order chi connectivity index (χ0) is 32.1. The number of hydrogen-bond acceptors (Lipinski definition) is 7. The maximum absolute atomic E-state index is 15.4. The number of halogens is 3.